The summed E-state index contributed by atoms with van der Waals surface area (Å²) in [5, 5.41) is 3.59. The lowest BCUT2D eigenvalue weighted by molar-refractivity contribution is 0.414. The maximum absolute atomic E-state index is 5.23. The van der Waals surface area contributed by atoms with E-state index in [4.69, 9.17) is 4.74 Å². The summed E-state index contributed by atoms with van der Waals surface area (Å²) in [6.45, 7) is 2.98. The number of benzene rings is 3. The highest BCUT2D eigenvalue weighted by molar-refractivity contribution is 5.85. The van der Waals surface area contributed by atoms with Gasteiger partial charge in [-0.1, -0.05) is 78.9 Å². The molecule has 0 aliphatic rings. The van der Waals surface area contributed by atoms with E-state index in [0.717, 1.165) is 12.3 Å². The van der Waals surface area contributed by atoms with Crippen LogP contribution in [0, 0.1) is 0 Å². The summed E-state index contributed by atoms with van der Waals surface area (Å²) in [5.41, 5.74) is 4.97. The van der Waals surface area contributed by atoms with Crippen LogP contribution in [0.15, 0.2) is 91.0 Å². The highest BCUT2D eigenvalue weighted by atomic mass is 35.5. The van der Waals surface area contributed by atoms with Crippen LogP contribution in [0.25, 0.3) is 5.57 Å². The Balaban J connectivity index is 0.00000261. The van der Waals surface area contributed by atoms with E-state index in [9.17, 15) is 0 Å². The SMILES string of the molecule is COc1ccc(C(C)NCC=C(c2ccccc2)c2ccccc2)cc1.Cl. The van der Waals surface area contributed by atoms with Crippen LogP contribution in [0.2, 0.25) is 0 Å². The summed E-state index contributed by atoms with van der Waals surface area (Å²) in [7, 11) is 1.69. The molecular formula is C24H26ClNO. The molecule has 3 aromatic carbocycles. The summed E-state index contributed by atoms with van der Waals surface area (Å²) in [6, 6.07) is 29.6. The smallest absolute Gasteiger partial charge is 0.118 e. The quantitative estimate of drug-likeness (QED) is 0.551. The molecule has 0 heterocycles. The first-order valence-electron chi connectivity index (χ1n) is 8.96. The standard InChI is InChI=1S/C24H25NO.ClH/c1-19(20-13-15-23(26-2)16-14-20)25-18-17-24(21-9-5-3-6-10-21)22-11-7-4-8-12-22;/h3-17,19,25H,18H2,1-2H3;1H. The fraction of sp³-hybridized carbons (Fsp3) is 0.167. The molecule has 3 heteroatoms. The van der Waals surface area contributed by atoms with Gasteiger partial charge in [-0.3, -0.25) is 0 Å². The van der Waals surface area contributed by atoms with Gasteiger partial charge in [0.05, 0.1) is 7.11 Å². The van der Waals surface area contributed by atoms with E-state index in [1.165, 1.54) is 22.3 Å². The molecule has 0 saturated heterocycles. The molecule has 1 unspecified atom stereocenters. The Hall–Kier alpha value is -2.55. The summed E-state index contributed by atoms with van der Waals surface area (Å²) in [5.74, 6) is 0.885. The Labute approximate surface area is 168 Å². The van der Waals surface area contributed by atoms with Gasteiger partial charge < -0.3 is 10.1 Å². The Bertz CT molecular complexity index is 788. The van der Waals surface area contributed by atoms with Crippen molar-refractivity contribution in [3.05, 3.63) is 108 Å². The average Bonchev–Trinajstić information content (AvgIpc) is 2.72. The fourth-order valence-electron chi connectivity index (χ4n) is 2.99. The second kappa shape index (κ2) is 10.6. The first kappa shape index (κ1) is 20.8. The number of nitrogens with one attached hydrogen (secondary N) is 1. The van der Waals surface area contributed by atoms with E-state index >= 15 is 0 Å². The van der Waals surface area contributed by atoms with Gasteiger partial charge in [0.2, 0.25) is 0 Å². The van der Waals surface area contributed by atoms with E-state index in [1.54, 1.807) is 7.11 Å². The number of hydrogen-bond donors (Lipinski definition) is 1. The summed E-state index contributed by atoms with van der Waals surface area (Å²) < 4.78 is 5.23. The second-order valence-electron chi connectivity index (χ2n) is 6.25. The Morgan fingerprint density at radius 3 is 1.85 bits per heavy atom. The molecule has 0 bridgehead atoms. The lowest BCUT2D eigenvalue weighted by atomic mass is 9.97. The third kappa shape index (κ3) is 5.72. The number of ether oxygens (including phenoxy) is 1. The third-order valence-corrected chi connectivity index (χ3v) is 4.52. The van der Waals surface area contributed by atoms with Gasteiger partial charge in [0.1, 0.15) is 5.75 Å². The minimum atomic E-state index is 0. The predicted molar refractivity (Wildman–Crippen MR) is 117 cm³/mol. The number of methoxy groups -OCH3 is 1. The predicted octanol–water partition coefficient (Wildman–Crippen LogP) is 5.90. The molecule has 0 fully saturated rings. The first-order valence-corrected chi connectivity index (χ1v) is 8.96. The molecule has 0 aromatic heterocycles. The van der Waals surface area contributed by atoms with Crippen molar-refractivity contribution >= 4 is 18.0 Å². The molecule has 0 aliphatic heterocycles. The zero-order valence-electron chi connectivity index (χ0n) is 15.8. The van der Waals surface area contributed by atoms with Crippen molar-refractivity contribution in [3.63, 3.8) is 0 Å². The molecular weight excluding hydrogens is 354 g/mol. The molecule has 140 valence electrons. The molecule has 0 aliphatic carbocycles. The van der Waals surface area contributed by atoms with Crippen molar-refractivity contribution in [3.8, 4) is 5.75 Å². The lowest BCUT2D eigenvalue weighted by Gasteiger charge is -2.15. The molecule has 0 amide bonds. The average molecular weight is 380 g/mol. The van der Waals surface area contributed by atoms with E-state index < -0.39 is 0 Å². The van der Waals surface area contributed by atoms with Crippen LogP contribution in [-0.4, -0.2) is 13.7 Å². The Morgan fingerprint density at radius 2 is 1.37 bits per heavy atom. The molecule has 1 N–H and O–H groups in total. The lowest BCUT2D eigenvalue weighted by Crippen LogP contribution is -2.18. The van der Waals surface area contributed by atoms with Gasteiger partial charge in [-0.05, 0) is 41.3 Å². The maximum atomic E-state index is 5.23. The van der Waals surface area contributed by atoms with Gasteiger partial charge in [-0.2, -0.15) is 0 Å². The van der Waals surface area contributed by atoms with Crippen LogP contribution >= 0.6 is 12.4 Å². The molecule has 0 spiro atoms. The van der Waals surface area contributed by atoms with Gasteiger partial charge >= 0.3 is 0 Å². The van der Waals surface area contributed by atoms with Crippen molar-refractivity contribution in [2.75, 3.05) is 13.7 Å². The molecule has 0 radical (unpaired) electrons. The monoisotopic (exact) mass is 379 g/mol. The molecule has 1 atom stereocenters. The molecule has 2 nitrogen and oxygen atoms in total. The van der Waals surface area contributed by atoms with Crippen LogP contribution in [0.5, 0.6) is 5.75 Å². The molecule has 3 aromatic rings. The van der Waals surface area contributed by atoms with Crippen molar-refractivity contribution in [2.45, 2.75) is 13.0 Å². The van der Waals surface area contributed by atoms with E-state index in [-0.39, 0.29) is 18.4 Å². The third-order valence-electron chi connectivity index (χ3n) is 4.52. The zero-order chi connectivity index (χ0) is 18.2. The van der Waals surface area contributed by atoms with Gasteiger partial charge in [0.15, 0.2) is 0 Å². The summed E-state index contributed by atoms with van der Waals surface area (Å²) in [6.07, 6.45) is 2.27. The number of hydrogen-bond acceptors (Lipinski definition) is 2. The van der Waals surface area contributed by atoms with Gasteiger partial charge in [-0.15, -0.1) is 12.4 Å². The second-order valence-corrected chi connectivity index (χ2v) is 6.25. The van der Waals surface area contributed by atoms with Crippen LogP contribution in [0.1, 0.15) is 29.7 Å². The van der Waals surface area contributed by atoms with Gasteiger partial charge in [0.25, 0.3) is 0 Å². The molecule has 3 rings (SSSR count). The van der Waals surface area contributed by atoms with E-state index in [1.807, 2.05) is 12.1 Å². The summed E-state index contributed by atoms with van der Waals surface area (Å²) in [4.78, 5) is 0. The van der Waals surface area contributed by atoms with Crippen molar-refractivity contribution in [2.24, 2.45) is 0 Å². The Morgan fingerprint density at radius 1 is 0.852 bits per heavy atom. The highest BCUT2D eigenvalue weighted by Gasteiger charge is 2.06. The maximum Gasteiger partial charge on any atom is 0.118 e. The topological polar surface area (TPSA) is 21.3 Å². The van der Waals surface area contributed by atoms with Gasteiger partial charge in [0, 0.05) is 12.6 Å². The van der Waals surface area contributed by atoms with E-state index in [0.29, 0.717) is 0 Å². The van der Waals surface area contributed by atoms with Crippen molar-refractivity contribution < 1.29 is 4.74 Å². The zero-order valence-corrected chi connectivity index (χ0v) is 16.6. The van der Waals surface area contributed by atoms with Crippen molar-refractivity contribution in [1.29, 1.82) is 0 Å². The fourth-order valence-corrected chi connectivity index (χ4v) is 2.99. The minimum Gasteiger partial charge on any atom is -0.497 e. The highest BCUT2D eigenvalue weighted by Crippen LogP contribution is 2.23. The van der Waals surface area contributed by atoms with Crippen LogP contribution < -0.4 is 10.1 Å². The number of rotatable bonds is 7. The molecule has 27 heavy (non-hydrogen) atoms. The van der Waals surface area contributed by atoms with Crippen LogP contribution in [0.4, 0.5) is 0 Å². The molecule has 0 saturated carbocycles. The van der Waals surface area contributed by atoms with Crippen LogP contribution in [0.3, 0.4) is 0 Å². The Kier molecular flexibility index (Phi) is 8.12. The van der Waals surface area contributed by atoms with Crippen LogP contribution in [-0.2, 0) is 0 Å². The van der Waals surface area contributed by atoms with Gasteiger partial charge in [-0.25, -0.2) is 0 Å². The van der Waals surface area contributed by atoms with E-state index in [2.05, 4.69) is 91.1 Å². The number of halogens is 1. The largest absolute Gasteiger partial charge is 0.497 e. The summed E-state index contributed by atoms with van der Waals surface area (Å²) >= 11 is 0. The first-order chi connectivity index (χ1) is 12.8. The normalized spacial score (nSPS) is 11.2. The van der Waals surface area contributed by atoms with Crippen molar-refractivity contribution in [1.82, 2.24) is 5.32 Å². The minimum absolute atomic E-state index is 0.